The van der Waals surface area contributed by atoms with Crippen LogP contribution >= 0.6 is 11.6 Å². The largest absolute Gasteiger partial charge is 0.369 e. The van der Waals surface area contributed by atoms with Crippen molar-refractivity contribution in [2.45, 2.75) is 38.1 Å². The molecule has 1 saturated carbocycles. The maximum absolute atomic E-state index is 13.3. The molecule has 1 aliphatic heterocycles. The van der Waals surface area contributed by atoms with Crippen LogP contribution in [-0.4, -0.2) is 42.0 Å². The van der Waals surface area contributed by atoms with Crippen molar-refractivity contribution in [3.05, 3.63) is 95.1 Å². The summed E-state index contributed by atoms with van der Waals surface area (Å²) in [6, 6.07) is 24.9. The molecule has 2 aliphatic rings. The lowest BCUT2D eigenvalue weighted by Crippen LogP contribution is -2.56. The number of hydrogen-bond donors (Lipinski definition) is 2. The molecule has 1 saturated heterocycles. The molecule has 4 aromatic rings. The normalized spacial score (nSPS) is 22.5. The summed E-state index contributed by atoms with van der Waals surface area (Å²) in [4.78, 5) is 21.7. The van der Waals surface area contributed by atoms with Crippen LogP contribution < -0.4 is 10.2 Å². The molecule has 0 atom stereocenters. The zero-order chi connectivity index (χ0) is 26.1. The highest BCUT2D eigenvalue weighted by molar-refractivity contribution is 6.31. The van der Waals surface area contributed by atoms with E-state index in [2.05, 4.69) is 75.6 Å². The van der Waals surface area contributed by atoms with Crippen LogP contribution in [0, 0.1) is 5.92 Å². The van der Waals surface area contributed by atoms with Crippen LogP contribution in [-0.2, 0) is 5.54 Å². The Morgan fingerprint density at radius 2 is 1.71 bits per heavy atom. The van der Waals surface area contributed by atoms with Gasteiger partial charge in [-0.25, -0.2) is 0 Å². The van der Waals surface area contributed by atoms with Crippen molar-refractivity contribution in [2.24, 2.45) is 5.92 Å². The third kappa shape index (κ3) is 4.81. The number of hydrogen-bond acceptors (Lipinski definition) is 3. The van der Waals surface area contributed by atoms with Gasteiger partial charge in [0.15, 0.2) is 0 Å². The van der Waals surface area contributed by atoms with E-state index in [1.165, 1.54) is 24.1 Å². The van der Waals surface area contributed by atoms with E-state index in [-0.39, 0.29) is 11.4 Å². The van der Waals surface area contributed by atoms with Gasteiger partial charge < -0.3 is 15.2 Å². The lowest BCUT2D eigenvalue weighted by Gasteiger charge is -2.51. The van der Waals surface area contributed by atoms with Crippen LogP contribution in [0.4, 0.5) is 11.4 Å². The van der Waals surface area contributed by atoms with Gasteiger partial charge in [0, 0.05) is 65.2 Å². The highest BCUT2D eigenvalue weighted by Crippen LogP contribution is 2.45. The van der Waals surface area contributed by atoms with Crippen molar-refractivity contribution in [1.29, 1.82) is 0 Å². The molecular formula is C32H35ClN4O. The highest BCUT2D eigenvalue weighted by Gasteiger charge is 2.42. The fraction of sp³-hybridized carbons (Fsp3) is 0.344. The van der Waals surface area contributed by atoms with Crippen LogP contribution in [0.15, 0.2) is 79.0 Å². The van der Waals surface area contributed by atoms with E-state index in [0.29, 0.717) is 10.6 Å². The van der Waals surface area contributed by atoms with E-state index in [0.717, 1.165) is 61.5 Å². The summed E-state index contributed by atoms with van der Waals surface area (Å²) >= 11 is 6.21. The number of fused-ring (bicyclic) bond motifs is 1. The molecule has 196 valence electrons. The van der Waals surface area contributed by atoms with Crippen LogP contribution in [0.3, 0.4) is 0 Å². The number of rotatable bonds is 5. The molecule has 1 amide bonds. The first-order valence-corrected chi connectivity index (χ1v) is 14.1. The molecule has 6 heteroatoms. The highest BCUT2D eigenvalue weighted by atomic mass is 35.5. The summed E-state index contributed by atoms with van der Waals surface area (Å²) < 4.78 is 0. The van der Waals surface area contributed by atoms with E-state index in [4.69, 9.17) is 11.6 Å². The Morgan fingerprint density at radius 1 is 0.947 bits per heavy atom. The number of aromatic amines is 1. The van der Waals surface area contributed by atoms with Gasteiger partial charge in [0.05, 0.1) is 5.56 Å². The zero-order valence-electron chi connectivity index (χ0n) is 21.9. The smallest absolute Gasteiger partial charge is 0.257 e. The number of carbonyl (C=O) groups excluding carboxylic acids is 1. The van der Waals surface area contributed by atoms with Crippen LogP contribution in [0.1, 0.15) is 48.5 Å². The monoisotopic (exact) mass is 526 g/mol. The van der Waals surface area contributed by atoms with Crippen LogP contribution in [0.2, 0.25) is 5.02 Å². The molecule has 0 spiro atoms. The minimum atomic E-state index is -0.126. The standard InChI is InChI=1S/C32H35ClN4O/c1-23-12-14-32(15-13-23,37-18-16-36(17-19-37)27-8-3-2-4-9-27)24-6-5-7-26(20-24)35-31(38)29-22-34-30-11-10-25(33)21-28(29)30/h2-11,20-23,34H,12-19H2,1H3,(H,35,38)/t23-,32-. The molecule has 3 aromatic carbocycles. The number of carbonyl (C=O) groups is 1. The zero-order valence-corrected chi connectivity index (χ0v) is 22.7. The van der Waals surface area contributed by atoms with E-state index >= 15 is 0 Å². The van der Waals surface area contributed by atoms with E-state index in [1.807, 2.05) is 24.3 Å². The number of para-hydroxylation sites is 1. The van der Waals surface area contributed by atoms with E-state index in [1.54, 1.807) is 6.20 Å². The minimum absolute atomic E-state index is 0.00430. The van der Waals surface area contributed by atoms with Crippen molar-refractivity contribution in [3.8, 4) is 0 Å². The van der Waals surface area contributed by atoms with Gasteiger partial charge in [-0.2, -0.15) is 0 Å². The average Bonchev–Trinajstić information content (AvgIpc) is 3.38. The summed E-state index contributed by atoms with van der Waals surface area (Å²) in [7, 11) is 0. The third-order valence-electron chi connectivity index (χ3n) is 8.65. The third-order valence-corrected chi connectivity index (χ3v) is 8.89. The predicted octanol–water partition coefficient (Wildman–Crippen LogP) is 7.30. The van der Waals surface area contributed by atoms with Crippen LogP contribution in [0.5, 0.6) is 0 Å². The lowest BCUT2D eigenvalue weighted by molar-refractivity contribution is 0.0299. The Balaban J connectivity index is 1.25. The molecule has 0 bridgehead atoms. The second-order valence-electron chi connectivity index (χ2n) is 11.0. The Kier molecular flexibility index (Phi) is 6.89. The summed E-state index contributed by atoms with van der Waals surface area (Å²) in [6.45, 7) is 6.51. The van der Waals surface area contributed by atoms with Gasteiger partial charge in [-0.1, -0.05) is 48.9 Å². The first-order chi connectivity index (χ1) is 18.5. The molecule has 2 fully saturated rings. The lowest BCUT2D eigenvalue weighted by atomic mass is 9.71. The van der Waals surface area contributed by atoms with Crippen molar-refractivity contribution in [3.63, 3.8) is 0 Å². The Bertz CT molecular complexity index is 1420. The number of nitrogens with zero attached hydrogens (tertiary/aromatic N) is 2. The molecule has 2 heterocycles. The summed E-state index contributed by atoms with van der Waals surface area (Å²) in [5.41, 5.74) is 4.97. The summed E-state index contributed by atoms with van der Waals surface area (Å²) in [5, 5.41) is 4.62. The molecule has 5 nitrogen and oxygen atoms in total. The topological polar surface area (TPSA) is 51.4 Å². The van der Waals surface area contributed by atoms with Gasteiger partial charge in [-0.05, 0) is 79.6 Å². The molecule has 0 radical (unpaired) electrons. The molecule has 1 aromatic heterocycles. The Labute approximate surface area is 229 Å². The van der Waals surface area contributed by atoms with Gasteiger partial charge in [0.25, 0.3) is 5.91 Å². The van der Waals surface area contributed by atoms with Crippen molar-refractivity contribution in [1.82, 2.24) is 9.88 Å². The van der Waals surface area contributed by atoms with Gasteiger partial charge in [-0.15, -0.1) is 0 Å². The van der Waals surface area contributed by atoms with Crippen molar-refractivity contribution in [2.75, 3.05) is 36.4 Å². The van der Waals surface area contributed by atoms with E-state index < -0.39 is 0 Å². The first-order valence-electron chi connectivity index (χ1n) is 13.8. The number of nitrogens with one attached hydrogen (secondary N) is 2. The second-order valence-corrected chi connectivity index (χ2v) is 11.4. The van der Waals surface area contributed by atoms with Gasteiger partial charge in [-0.3, -0.25) is 9.69 Å². The number of aromatic nitrogens is 1. The number of piperazine rings is 1. The maximum Gasteiger partial charge on any atom is 0.257 e. The average molecular weight is 527 g/mol. The Hall–Kier alpha value is -3.28. The van der Waals surface area contributed by atoms with Gasteiger partial charge in [0.2, 0.25) is 0 Å². The number of H-pyrrole nitrogens is 1. The molecule has 0 unspecified atom stereocenters. The van der Waals surface area contributed by atoms with Gasteiger partial charge >= 0.3 is 0 Å². The fourth-order valence-corrected chi connectivity index (χ4v) is 6.60. The van der Waals surface area contributed by atoms with Crippen LogP contribution in [0.25, 0.3) is 10.9 Å². The quantitative estimate of drug-likeness (QED) is 0.287. The molecule has 1 aliphatic carbocycles. The first kappa shape index (κ1) is 25.0. The second kappa shape index (κ2) is 10.5. The maximum atomic E-state index is 13.3. The predicted molar refractivity (Wildman–Crippen MR) is 157 cm³/mol. The van der Waals surface area contributed by atoms with Crippen molar-refractivity contribution < 1.29 is 4.79 Å². The molecule has 6 rings (SSSR count). The SMILES string of the molecule is C[C@H]1CC[C@](c2cccc(NC(=O)c3c[nH]c4ccc(Cl)cc34)c2)(N2CCN(c3ccccc3)CC2)CC1. The Morgan fingerprint density at radius 3 is 2.47 bits per heavy atom. The molecule has 38 heavy (non-hydrogen) atoms. The summed E-state index contributed by atoms with van der Waals surface area (Å²) in [5.74, 6) is 0.628. The number of amides is 1. The molecular weight excluding hydrogens is 492 g/mol. The van der Waals surface area contributed by atoms with E-state index in [9.17, 15) is 4.79 Å². The van der Waals surface area contributed by atoms with Crippen molar-refractivity contribution >= 4 is 39.8 Å². The summed E-state index contributed by atoms with van der Waals surface area (Å²) in [6.07, 6.45) is 6.52. The number of benzene rings is 3. The minimum Gasteiger partial charge on any atom is -0.369 e. The number of halogens is 1. The number of anilines is 2. The molecule has 2 N–H and O–H groups in total. The fourth-order valence-electron chi connectivity index (χ4n) is 6.42. The van der Waals surface area contributed by atoms with Gasteiger partial charge in [0.1, 0.15) is 0 Å².